The van der Waals surface area contributed by atoms with E-state index in [9.17, 15) is 9.59 Å². The molecule has 1 aliphatic rings. The number of pyridine rings is 1. The lowest BCUT2D eigenvalue weighted by atomic mass is 9.90. The van der Waals surface area contributed by atoms with E-state index >= 15 is 0 Å². The summed E-state index contributed by atoms with van der Waals surface area (Å²) >= 11 is 0. The summed E-state index contributed by atoms with van der Waals surface area (Å²) in [5, 5.41) is 0. The number of hydrogen-bond acceptors (Lipinski definition) is 4. The molecule has 0 saturated heterocycles. The number of carbonyl (C=O) groups is 2. The van der Waals surface area contributed by atoms with E-state index in [0.29, 0.717) is 16.7 Å². The third-order valence-corrected chi connectivity index (χ3v) is 2.89. The number of hydrogen-bond donors (Lipinski definition) is 0. The Hall–Kier alpha value is -2.23. The van der Waals surface area contributed by atoms with E-state index in [1.807, 2.05) is 6.92 Å². The van der Waals surface area contributed by atoms with Crippen molar-refractivity contribution in [2.45, 2.75) is 13.8 Å². The van der Waals surface area contributed by atoms with Crippen LogP contribution in [0, 0.1) is 13.8 Å². The molecule has 4 nitrogen and oxygen atoms in total. The molecule has 84 valence electrons. The summed E-state index contributed by atoms with van der Waals surface area (Å²) in [6.07, 6.45) is 3.02. The fraction of sp³-hybridized carbons (Fsp3) is 0.154. The van der Waals surface area contributed by atoms with Crippen molar-refractivity contribution in [2.75, 3.05) is 0 Å². The molecule has 1 aliphatic carbocycles. The predicted molar refractivity (Wildman–Crippen MR) is 59.3 cm³/mol. The van der Waals surface area contributed by atoms with Crippen LogP contribution in [0.2, 0.25) is 0 Å². The van der Waals surface area contributed by atoms with Gasteiger partial charge in [-0.1, -0.05) is 0 Å². The third kappa shape index (κ3) is 1.21. The average molecular weight is 227 g/mol. The molecule has 0 bridgehead atoms. The average Bonchev–Trinajstić information content (AvgIpc) is 2.68. The van der Waals surface area contributed by atoms with Crippen molar-refractivity contribution in [3.63, 3.8) is 0 Å². The van der Waals surface area contributed by atoms with E-state index in [-0.39, 0.29) is 23.0 Å². The number of aromatic nitrogens is 1. The molecule has 0 aromatic carbocycles. The minimum Gasteiger partial charge on any atom is -0.460 e. The molecule has 2 aromatic heterocycles. The molecule has 0 fully saturated rings. The monoisotopic (exact) mass is 227 g/mol. The van der Waals surface area contributed by atoms with Gasteiger partial charge >= 0.3 is 0 Å². The smallest absolute Gasteiger partial charge is 0.231 e. The zero-order chi connectivity index (χ0) is 12.2. The van der Waals surface area contributed by atoms with Crippen molar-refractivity contribution in [1.82, 2.24) is 4.98 Å². The second-order valence-corrected chi connectivity index (χ2v) is 4.19. The molecule has 0 N–H and O–H groups in total. The summed E-state index contributed by atoms with van der Waals surface area (Å²) in [5.41, 5.74) is 2.41. The fourth-order valence-corrected chi connectivity index (χ4v) is 2.06. The highest BCUT2D eigenvalue weighted by Gasteiger charge is 2.35. The van der Waals surface area contributed by atoms with Crippen LogP contribution in [0.1, 0.15) is 43.3 Å². The van der Waals surface area contributed by atoms with Crippen molar-refractivity contribution >= 4 is 11.6 Å². The molecule has 17 heavy (non-hydrogen) atoms. The van der Waals surface area contributed by atoms with Crippen LogP contribution in [0.15, 0.2) is 22.9 Å². The minimum atomic E-state index is -0.265. The zero-order valence-corrected chi connectivity index (χ0v) is 9.40. The second-order valence-electron chi connectivity index (χ2n) is 4.19. The fourth-order valence-electron chi connectivity index (χ4n) is 2.06. The van der Waals surface area contributed by atoms with Crippen LogP contribution in [0.5, 0.6) is 0 Å². The highest BCUT2D eigenvalue weighted by Crippen LogP contribution is 2.29. The van der Waals surface area contributed by atoms with Gasteiger partial charge in [0.2, 0.25) is 11.6 Å². The standard InChI is InChI=1S/C13H9NO3/c1-6-3-8-10(14-4-6)12(16)9-7(2)5-17-13(9)11(8)15/h3-5H,1-2H3. The largest absolute Gasteiger partial charge is 0.460 e. The number of carbonyl (C=O) groups excluding carboxylic acids is 2. The SMILES string of the molecule is Cc1cnc2c(c1)C(=O)c1occ(C)c1C2=O. The number of aryl methyl sites for hydroxylation is 2. The Morgan fingerprint density at radius 3 is 2.71 bits per heavy atom. The number of furan rings is 1. The van der Waals surface area contributed by atoms with Gasteiger partial charge < -0.3 is 4.42 Å². The first-order valence-electron chi connectivity index (χ1n) is 5.23. The lowest BCUT2D eigenvalue weighted by molar-refractivity contribution is 0.0956. The summed E-state index contributed by atoms with van der Waals surface area (Å²) in [4.78, 5) is 28.4. The molecule has 0 amide bonds. The molecule has 0 radical (unpaired) electrons. The Bertz CT molecular complexity index is 667. The Balaban J connectivity index is 2.34. The van der Waals surface area contributed by atoms with Crippen molar-refractivity contribution in [3.8, 4) is 0 Å². The van der Waals surface area contributed by atoms with Gasteiger partial charge in [-0.25, -0.2) is 0 Å². The van der Waals surface area contributed by atoms with Crippen LogP contribution >= 0.6 is 0 Å². The summed E-state index contributed by atoms with van der Waals surface area (Å²) in [6, 6.07) is 1.67. The van der Waals surface area contributed by atoms with E-state index in [1.54, 1.807) is 19.2 Å². The van der Waals surface area contributed by atoms with Gasteiger partial charge in [0.15, 0.2) is 5.76 Å². The van der Waals surface area contributed by atoms with Gasteiger partial charge in [0.1, 0.15) is 5.69 Å². The highest BCUT2D eigenvalue weighted by atomic mass is 16.3. The van der Waals surface area contributed by atoms with Crippen LogP contribution in [-0.2, 0) is 0 Å². The van der Waals surface area contributed by atoms with Crippen LogP contribution in [0.3, 0.4) is 0 Å². The molecule has 4 heteroatoms. The second kappa shape index (κ2) is 3.13. The summed E-state index contributed by atoms with van der Waals surface area (Å²) < 4.78 is 5.17. The number of rotatable bonds is 0. The number of ketones is 2. The maximum atomic E-state index is 12.2. The molecular formula is C13H9NO3. The van der Waals surface area contributed by atoms with Crippen molar-refractivity contribution in [3.05, 3.63) is 52.2 Å². The van der Waals surface area contributed by atoms with E-state index < -0.39 is 0 Å². The van der Waals surface area contributed by atoms with Gasteiger partial charge in [-0.3, -0.25) is 14.6 Å². The Morgan fingerprint density at radius 1 is 1.18 bits per heavy atom. The number of fused-ring (bicyclic) bond motifs is 2. The van der Waals surface area contributed by atoms with E-state index in [2.05, 4.69) is 4.98 Å². The van der Waals surface area contributed by atoms with Gasteiger partial charge in [-0.05, 0) is 31.0 Å². The van der Waals surface area contributed by atoms with Crippen LogP contribution < -0.4 is 0 Å². The number of nitrogens with zero attached hydrogens (tertiary/aromatic N) is 1. The van der Waals surface area contributed by atoms with E-state index in [0.717, 1.165) is 5.56 Å². The van der Waals surface area contributed by atoms with Crippen LogP contribution in [0.25, 0.3) is 0 Å². The highest BCUT2D eigenvalue weighted by molar-refractivity contribution is 6.27. The van der Waals surface area contributed by atoms with Crippen molar-refractivity contribution in [2.24, 2.45) is 0 Å². The molecule has 0 unspecified atom stereocenters. The molecule has 0 spiro atoms. The first-order chi connectivity index (χ1) is 8.09. The molecule has 2 aromatic rings. The van der Waals surface area contributed by atoms with Gasteiger partial charge in [0.05, 0.1) is 17.4 Å². The lowest BCUT2D eigenvalue weighted by Gasteiger charge is -2.12. The van der Waals surface area contributed by atoms with E-state index in [4.69, 9.17) is 4.42 Å². The van der Waals surface area contributed by atoms with Crippen molar-refractivity contribution < 1.29 is 14.0 Å². The molecular weight excluding hydrogens is 218 g/mol. The Labute approximate surface area is 97.3 Å². The normalized spacial score (nSPS) is 13.5. The van der Waals surface area contributed by atoms with Gasteiger partial charge in [0, 0.05) is 6.20 Å². The van der Waals surface area contributed by atoms with Crippen LogP contribution in [0.4, 0.5) is 0 Å². The van der Waals surface area contributed by atoms with Gasteiger partial charge in [0.25, 0.3) is 0 Å². The third-order valence-electron chi connectivity index (χ3n) is 2.89. The van der Waals surface area contributed by atoms with E-state index in [1.165, 1.54) is 6.26 Å². The summed E-state index contributed by atoms with van der Waals surface area (Å²) in [6.45, 7) is 3.57. The first-order valence-corrected chi connectivity index (χ1v) is 5.23. The van der Waals surface area contributed by atoms with Gasteiger partial charge in [-0.15, -0.1) is 0 Å². The maximum absolute atomic E-state index is 12.2. The minimum absolute atomic E-state index is 0.132. The molecule has 0 atom stereocenters. The quantitative estimate of drug-likeness (QED) is 0.589. The maximum Gasteiger partial charge on any atom is 0.231 e. The van der Waals surface area contributed by atoms with Crippen molar-refractivity contribution in [1.29, 1.82) is 0 Å². The predicted octanol–water partition coefficient (Wildman–Crippen LogP) is 2.07. The zero-order valence-electron chi connectivity index (χ0n) is 9.40. The topological polar surface area (TPSA) is 60.2 Å². The molecule has 0 saturated carbocycles. The molecule has 3 rings (SSSR count). The molecule has 2 heterocycles. The Kier molecular flexibility index (Phi) is 1.84. The van der Waals surface area contributed by atoms with Crippen LogP contribution in [-0.4, -0.2) is 16.6 Å². The Morgan fingerprint density at radius 2 is 1.94 bits per heavy atom. The van der Waals surface area contributed by atoms with Gasteiger partial charge in [-0.2, -0.15) is 0 Å². The summed E-state index contributed by atoms with van der Waals surface area (Å²) in [5.74, 6) is -0.368. The summed E-state index contributed by atoms with van der Waals surface area (Å²) in [7, 11) is 0. The first kappa shape index (κ1) is 9.96. The lowest BCUT2D eigenvalue weighted by Crippen LogP contribution is -2.21. The molecule has 0 aliphatic heterocycles.